The Balaban J connectivity index is 1.34. The number of nitrogens with zero attached hydrogens (tertiary/aromatic N) is 2. The Hall–Kier alpha value is -3.40. The molecule has 0 bridgehead atoms. The van der Waals surface area contributed by atoms with E-state index in [0.29, 0.717) is 35.8 Å². The van der Waals surface area contributed by atoms with E-state index in [2.05, 4.69) is 15.5 Å². The van der Waals surface area contributed by atoms with Gasteiger partial charge in [-0.1, -0.05) is 35.4 Å². The summed E-state index contributed by atoms with van der Waals surface area (Å²) in [5, 5.41) is 10.1. The monoisotopic (exact) mass is 429 g/mol. The van der Waals surface area contributed by atoms with Gasteiger partial charge < -0.3 is 13.9 Å². The van der Waals surface area contributed by atoms with Gasteiger partial charge in [0.15, 0.2) is 21.3 Å². The Kier molecular flexibility index (Phi) is 5.66. The predicted octanol–water partition coefficient (Wildman–Crippen LogP) is 2.45. The third-order valence-electron chi connectivity index (χ3n) is 4.33. The summed E-state index contributed by atoms with van der Waals surface area (Å²) >= 11 is 0. The number of aromatic nitrogens is 2. The first-order chi connectivity index (χ1) is 14.5. The van der Waals surface area contributed by atoms with Crippen LogP contribution in [0.15, 0.2) is 52.9 Å². The molecule has 2 aromatic carbocycles. The second-order valence-electron chi connectivity index (χ2n) is 6.65. The van der Waals surface area contributed by atoms with Crippen molar-refractivity contribution in [2.75, 3.05) is 24.3 Å². The molecule has 0 spiro atoms. The predicted molar refractivity (Wildman–Crippen MR) is 108 cm³/mol. The van der Waals surface area contributed by atoms with Gasteiger partial charge in [0.25, 0.3) is 0 Å². The number of nitrogens with one attached hydrogen (secondary N) is 1. The molecule has 0 radical (unpaired) electrons. The first kappa shape index (κ1) is 19.9. The van der Waals surface area contributed by atoms with Crippen LogP contribution in [-0.2, 0) is 20.4 Å². The number of carbonyl (C=O) groups excluding carboxylic acids is 1. The van der Waals surface area contributed by atoms with Gasteiger partial charge in [-0.2, -0.15) is 0 Å². The maximum atomic E-state index is 12.2. The van der Waals surface area contributed by atoms with Gasteiger partial charge in [0.1, 0.15) is 13.2 Å². The third kappa shape index (κ3) is 4.95. The van der Waals surface area contributed by atoms with E-state index in [9.17, 15) is 13.2 Å². The van der Waals surface area contributed by atoms with Gasteiger partial charge in [-0.15, -0.1) is 5.10 Å². The van der Waals surface area contributed by atoms with Crippen molar-refractivity contribution < 1.29 is 27.1 Å². The summed E-state index contributed by atoms with van der Waals surface area (Å²) in [6.45, 7) is 0.943. The summed E-state index contributed by atoms with van der Waals surface area (Å²) < 4.78 is 40.9. The highest BCUT2D eigenvalue weighted by atomic mass is 32.2. The van der Waals surface area contributed by atoms with E-state index in [-0.39, 0.29) is 29.8 Å². The standard InChI is InChI=1S/C20H19N3O6S/c24-18(8-11-30(25,26)13-14-4-2-1-3-5-14)21-20-23-22-19(29-20)15-6-7-16-17(12-15)28-10-9-27-16/h1-7,12H,8-11,13H2,(H,21,23,24). The maximum Gasteiger partial charge on any atom is 0.322 e. The largest absolute Gasteiger partial charge is 0.486 e. The van der Waals surface area contributed by atoms with Crippen LogP contribution in [0.25, 0.3) is 11.5 Å². The lowest BCUT2D eigenvalue weighted by Gasteiger charge is -2.18. The van der Waals surface area contributed by atoms with Gasteiger partial charge >= 0.3 is 6.01 Å². The summed E-state index contributed by atoms with van der Waals surface area (Å²) in [4.78, 5) is 12.1. The molecular formula is C20H19N3O6S. The highest BCUT2D eigenvalue weighted by Gasteiger charge is 2.18. The number of hydrogen-bond donors (Lipinski definition) is 1. The lowest BCUT2D eigenvalue weighted by Crippen LogP contribution is -2.18. The molecular weight excluding hydrogens is 410 g/mol. The molecule has 30 heavy (non-hydrogen) atoms. The number of carbonyl (C=O) groups is 1. The Bertz CT molecular complexity index is 1140. The van der Waals surface area contributed by atoms with Gasteiger partial charge in [0.2, 0.25) is 11.8 Å². The molecule has 1 aromatic heterocycles. The van der Waals surface area contributed by atoms with E-state index in [4.69, 9.17) is 13.9 Å². The fraction of sp³-hybridized carbons (Fsp3) is 0.250. The van der Waals surface area contributed by atoms with Crippen molar-refractivity contribution in [3.05, 3.63) is 54.1 Å². The first-order valence-corrected chi connectivity index (χ1v) is 11.1. The van der Waals surface area contributed by atoms with Crippen LogP contribution in [0, 0.1) is 0 Å². The second kappa shape index (κ2) is 8.54. The fourth-order valence-corrected chi connectivity index (χ4v) is 4.24. The number of sulfone groups is 1. The summed E-state index contributed by atoms with van der Waals surface area (Å²) in [6, 6.07) is 13.9. The Labute approximate surface area is 172 Å². The zero-order valence-corrected chi connectivity index (χ0v) is 16.7. The number of anilines is 1. The number of ether oxygens (including phenoxy) is 2. The van der Waals surface area contributed by atoms with Crippen LogP contribution in [0.1, 0.15) is 12.0 Å². The van der Waals surface area contributed by atoms with Gasteiger partial charge in [-0.3, -0.25) is 10.1 Å². The van der Waals surface area contributed by atoms with Gasteiger partial charge in [0, 0.05) is 12.0 Å². The minimum Gasteiger partial charge on any atom is -0.486 e. The van der Waals surface area contributed by atoms with Crippen molar-refractivity contribution in [1.29, 1.82) is 0 Å². The summed E-state index contributed by atoms with van der Waals surface area (Å²) in [5.41, 5.74) is 1.29. The quantitative estimate of drug-likeness (QED) is 0.608. The molecule has 0 fully saturated rings. The van der Waals surface area contributed by atoms with E-state index >= 15 is 0 Å². The number of benzene rings is 2. The minimum atomic E-state index is -3.42. The van der Waals surface area contributed by atoms with Crippen LogP contribution < -0.4 is 14.8 Å². The average Bonchev–Trinajstić information content (AvgIpc) is 3.21. The third-order valence-corrected chi connectivity index (χ3v) is 5.93. The Morgan fingerprint density at radius 2 is 1.77 bits per heavy atom. The molecule has 0 unspecified atom stereocenters. The highest BCUT2D eigenvalue weighted by Crippen LogP contribution is 2.34. The topological polar surface area (TPSA) is 121 Å². The van der Waals surface area contributed by atoms with Gasteiger partial charge in [-0.25, -0.2) is 8.42 Å². The van der Waals surface area contributed by atoms with E-state index in [1.165, 1.54) is 0 Å². The zero-order chi connectivity index (χ0) is 21.0. The smallest absolute Gasteiger partial charge is 0.322 e. The van der Waals surface area contributed by atoms with Crippen LogP contribution in [0.4, 0.5) is 6.01 Å². The molecule has 3 aromatic rings. The fourth-order valence-electron chi connectivity index (χ4n) is 2.90. The Morgan fingerprint density at radius 3 is 2.57 bits per heavy atom. The second-order valence-corrected chi connectivity index (χ2v) is 8.83. The van der Waals surface area contributed by atoms with Crippen molar-refractivity contribution >= 4 is 21.8 Å². The van der Waals surface area contributed by atoms with E-state index < -0.39 is 15.7 Å². The zero-order valence-electron chi connectivity index (χ0n) is 15.9. The van der Waals surface area contributed by atoms with E-state index in [1.54, 1.807) is 42.5 Å². The lowest BCUT2D eigenvalue weighted by molar-refractivity contribution is -0.115. The van der Waals surface area contributed by atoms with Crippen molar-refractivity contribution in [2.24, 2.45) is 0 Å². The summed E-state index contributed by atoms with van der Waals surface area (Å²) in [5.74, 6) is 0.483. The number of rotatable bonds is 7. The molecule has 1 amide bonds. The number of fused-ring (bicyclic) bond motifs is 1. The molecule has 9 nitrogen and oxygen atoms in total. The molecule has 10 heteroatoms. The average molecular weight is 429 g/mol. The maximum absolute atomic E-state index is 12.2. The lowest BCUT2D eigenvalue weighted by atomic mass is 10.2. The van der Waals surface area contributed by atoms with E-state index in [1.807, 2.05) is 6.07 Å². The van der Waals surface area contributed by atoms with E-state index in [0.717, 1.165) is 0 Å². The molecule has 0 atom stereocenters. The van der Waals surface area contributed by atoms with Crippen LogP contribution in [0.3, 0.4) is 0 Å². The normalized spacial score (nSPS) is 13.1. The molecule has 0 saturated heterocycles. The molecule has 156 valence electrons. The van der Waals surface area contributed by atoms with Crippen molar-refractivity contribution in [3.63, 3.8) is 0 Å². The molecule has 0 saturated carbocycles. The van der Waals surface area contributed by atoms with Crippen LogP contribution >= 0.6 is 0 Å². The van der Waals surface area contributed by atoms with Gasteiger partial charge in [0.05, 0.1) is 11.5 Å². The summed E-state index contributed by atoms with van der Waals surface area (Å²) in [6.07, 6.45) is -0.211. The summed E-state index contributed by atoms with van der Waals surface area (Å²) in [7, 11) is -3.42. The Morgan fingerprint density at radius 1 is 1.00 bits per heavy atom. The molecule has 0 aliphatic carbocycles. The van der Waals surface area contributed by atoms with Crippen LogP contribution in [-0.4, -0.2) is 43.5 Å². The van der Waals surface area contributed by atoms with Gasteiger partial charge in [-0.05, 0) is 23.8 Å². The van der Waals surface area contributed by atoms with Crippen LogP contribution in [0.2, 0.25) is 0 Å². The molecule has 1 aliphatic heterocycles. The SMILES string of the molecule is O=C(CCS(=O)(=O)Cc1ccccc1)Nc1nnc(-c2ccc3c(c2)OCCO3)o1. The number of amides is 1. The molecule has 2 heterocycles. The van der Waals surface area contributed by atoms with Crippen LogP contribution in [0.5, 0.6) is 11.5 Å². The minimum absolute atomic E-state index is 0.106. The number of hydrogen-bond acceptors (Lipinski definition) is 8. The van der Waals surface area contributed by atoms with Crippen molar-refractivity contribution in [2.45, 2.75) is 12.2 Å². The first-order valence-electron chi connectivity index (χ1n) is 9.26. The molecule has 4 rings (SSSR count). The van der Waals surface area contributed by atoms with Crippen molar-refractivity contribution in [3.8, 4) is 23.0 Å². The van der Waals surface area contributed by atoms with Crippen molar-refractivity contribution in [1.82, 2.24) is 10.2 Å². The highest BCUT2D eigenvalue weighted by molar-refractivity contribution is 7.90. The molecule has 1 N–H and O–H groups in total. The molecule has 1 aliphatic rings.